The summed E-state index contributed by atoms with van der Waals surface area (Å²) in [7, 11) is 0. The normalized spacial score (nSPS) is 19.8. The summed E-state index contributed by atoms with van der Waals surface area (Å²) in [4.78, 5) is 12.2. The van der Waals surface area contributed by atoms with Gasteiger partial charge in [0.15, 0.2) is 5.78 Å². The summed E-state index contributed by atoms with van der Waals surface area (Å²) in [6.07, 6.45) is 9.05. The van der Waals surface area contributed by atoms with Crippen molar-refractivity contribution in [2.75, 3.05) is 0 Å². The van der Waals surface area contributed by atoms with Crippen molar-refractivity contribution < 1.29 is 4.79 Å². The number of ketones is 1. The Morgan fingerprint density at radius 1 is 1.47 bits per heavy atom. The molecule has 0 heterocycles. The molecule has 0 saturated heterocycles. The zero-order chi connectivity index (χ0) is 12.3. The van der Waals surface area contributed by atoms with Crippen molar-refractivity contribution in [2.45, 2.75) is 32.6 Å². The molecular formula is C16H18O. The minimum Gasteiger partial charge on any atom is -0.294 e. The highest BCUT2D eigenvalue weighted by atomic mass is 16.1. The Kier molecular flexibility index (Phi) is 3.64. The SMILES string of the molecule is C#CCCCC(C)C1Cc2ccccc2C1=O. The van der Waals surface area contributed by atoms with Crippen molar-refractivity contribution in [1.29, 1.82) is 0 Å². The molecule has 1 aromatic carbocycles. The minimum atomic E-state index is 0.171. The molecule has 2 rings (SSSR count). The first-order valence-electron chi connectivity index (χ1n) is 6.29. The smallest absolute Gasteiger partial charge is 0.166 e. The molecule has 0 aliphatic heterocycles. The fraction of sp³-hybridized carbons (Fsp3) is 0.438. The van der Waals surface area contributed by atoms with Gasteiger partial charge in [-0.15, -0.1) is 12.3 Å². The molecule has 0 bridgehead atoms. The molecule has 1 heteroatoms. The number of unbranched alkanes of at least 4 members (excludes halogenated alkanes) is 1. The van der Waals surface area contributed by atoms with Gasteiger partial charge in [-0.1, -0.05) is 31.2 Å². The van der Waals surface area contributed by atoms with Crippen LogP contribution in [0.2, 0.25) is 0 Å². The van der Waals surface area contributed by atoms with Gasteiger partial charge in [-0.2, -0.15) is 0 Å². The summed E-state index contributed by atoms with van der Waals surface area (Å²) in [6.45, 7) is 2.17. The second-order valence-corrected chi connectivity index (χ2v) is 4.91. The van der Waals surface area contributed by atoms with Gasteiger partial charge < -0.3 is 0 Å². The van der Waals surface area contributed by atoms with Gasteiger partial charge in [-0.05, 0) is 30.7 Å². The molecule has 0 N–H and O–H groups in total. The maximum atomic E-state index is 12.2. The van der Waals surface area contributed by atoms with Gasteiger partial charge in [0.2, 0.25) is 0 Å². The fourth-order valence-electron chi connectivity index (χ4n) is 2.65. The molecule has 88 valence electrons. The highest BCUT2D eigenvalue weighted by Gasteiger charge is 2.33. The first kappa shape index (κ1) is 11.9. The summed E-state index contributed by atoms with van der Waals surface area (Å²) >= 11 is 0. The number of carbonyl (C=O) groups excluding carboxylic acids is 1. The Hall–Kier alpha value is -1.55. The van der Waals surface area contributed by atoms with Crippen LogP contribution >= 0.6 is 0 Å². The van der Waals surface area contributed by atoms with E-state index in [1.165, 1.54) is 5.56 Å². The van der Waals surface area contributed by atoms with Crippen LogP contribution in [0, 0.1) is 24.2 Å². The number of benzene rings is 1. The lowest BCUT2D eigenvalue weighted by Crippen LogP contribution is -2.18. The van der Waals surface area contributed by atoms with E-state index in [1.54, 1.807) is 0 Å². The second kappa shape index (κ2) is 5.19. The number of Topliss-reactive ketones (excluding diaryl/α,β-unsaturated/α-hetero) is 1. The maximum Gasteiger partial charge on any atom is 0.166 e. The monoisotopic (exact) mass is 226 g/mol. The van der Waals surface area contributed by atoms with Crippen molar-refractivity contribution in [3.63, 3.8) is 0 Å². The van der Waals surface area contributed by atoms with Gasteiger partial charge in [0.1, 0.15) is 0 Å². The van der Waals surface area contributed by atoms with Gasteiger partial charge >= 0.3 is 0 Å². The molecule has 2 unspecified atom stereocenters. The molecule has 0 spiro atoms. The van der Waals surface area contributed by atoms with Crippen LogP contribution in [0.5, 0.6) is 0 Å². The molecule has 0 fully saturated rings. The van der Waals surface area contributed by atoms with Crippen molar-refractivity contribution in [3.8, 4) is 12.3 Å². The van der Waals surface area contributed by atoms with Crippen LogP contribution in [0.1, 0.15) is 42.1 Å². The van der Waals surface area contributed by atoms with E-state index in [1.807, 2.05) is 18.2 Å². The van der Waals surface area contributed by atoms with Gasteiger partial charge in [-0.3, -0.25) is 4.79 Å². The summed E-state index contributed by atoms with van der Waals surface area (Å²) in [5.41, 5.74) is 2.15. The Bertz CT molecular complexity index is 453. The van der Waals surface area contributed by atoms with E-state index in [0.29, 0.717) is 11.7 Å². The Labute approximate surface area is 103 Å². The Balaban J connectivity index is 2.02. The van der Waals surface area contributed by atoms with Crippen molar-refractivity contribution in [2.24, 2.45) is 11.8 Å². The standard InChI is InChI=1S/C16H18O/c1-3-4-5-8-12(2)15-11-13-9-6-7-10-14(13)16(15)17/h1,6-7,9-10,12,15H,4-5,8,11H2,2H3. The molecular weight excluding hydrogens is 208 g/mol. The number of rotatable bonds is 4. The number of terminal acetylenes is 1. The Morgan fingerprint density at radius 2 is 2.24 bits per heavy atom. The van der Waals surface area contributed by atoms with Crippen molar-refractivity contribution in [3.05, 3.63) is 35.4 Å². The zero-order valence-electron chi connectivity index (χ0n) is 10.3. The Morgan fingerprint density at radius 3 is 2.94 bits per heavy atom. The molecule has 0 amide bonds. The molecule has 0 aromatic heterocycles. The van der Waals surface area contributed by atoms with Gasteiger partial charge in [-0.25, -0.2) is 0 Å². The minimum absolute atomic E-state index is 0.171. The van der Waals surface area contributed by atoms with Crippen molar-refractivity contribution in [1.82, 2.24) is 0 Å². The van der Waals surface area contributed by atoms with E-state index in [-0.39, 0.29) is 5.92 Å². The molecule has 0 saturated carbocycles. The summed E-state index contributed by atoms with van der Waals surface area (Å²) in [5.74, 6) is 3.59. The highest BCUT2D eigenvalue weighted by Crippen LogP contribution is 2.33. The van der Waals surface area contributed by atoms with Crippen LogP contribution in [0.4, 0.5) is 0 Å². The average Bonchev–Trinajstić information content (AvgIpc) is 2.68. The van der Waals surface area contributed by atoms with E-state index in [9.17, 15) is 4.79 Å². The number of hydrogen-bond donors (Lipinski definition) is 0. The largest absolute Gasteiger partial charge is 0.294 e. The van der Waals surface area contributed by atoms with Crippen LogP contribution in [0.15, 0.2) is 24.3 Å². The topological polar surface area (TPSA) is 17.1 Å². The third kappa shape index (κ3) is 2.42. The quantitative estimate of drug-likeness (QED) is 0.567. The molecule has 0 radical (unpaired) electrons. The predicted molar refractivity (Wildman–Crippen MR) is 69.8 cm³/mol. The van der Waals surface area contributed by atoms with Crippen LogP contribution in [0.3, 0.4) is 0 Å². The molecule has 1 aliphatic rings. The van der Waals surface area contributed by atoms with Crippen LogP contribution < -0.4 is 0 Å². The van der Waals surface area contributed by atoms with E-state index < -0.39 is 0 Å². The third-order valence-corrected chi connectivity index (χ3v) is 3.73. The molecule has 1 aliphatic carbocycles. The lowest BCUT2D eigenvalue weighted by molar-refractivity contribution is 0.0895. The number of fused-ring (bicyclic) bond motifs is 1. The summed E-state index contributed by atoms with van der Waals surface area (Å²) in [6, 6.07) is 7.98. The first-order valence-corrected chi connectivity index (χ1v) is 6.29. The summed E-state index contributed by atoms with van der Waals surface area (Å²) < 4.78 is 0. The summed E-state index contributed by atoms with van der Waals surface area (Å²) in [5, 5.41) is 0. The zero-order valence-corrected chi connectivity index (χ0v) is 10.3. The van der Waals surface area contributed by atoms with E-state index in [4.69, 9.17) is 6.42 Å². The van der Waals surface area contributed by atoms with Gasteiger partial charge in [0.05, 0.1) is 0 Å². The third-order valence-electron chi connectivity index (χ3n) is 3.73. The van der Waals surface area contributed by atoms with E-state index >= 15 is 0 Å². The molecule has 1 aromatic rings. The van der Waals surface area contributed by atoms with Crippen LogP contribution in [-0.4, -0.2) is 5.78 Å². The van der Waals surface area contributed by atoms with Crippen LogP contribution in [-0.2, 0) is 6.42 Å². The first-order chi connectivity index (χ1) is 8.24. The number of carbonyl (C=O) groups is 1. The average molecular weight is 226 g/mol. The molecule has 1 nitrogen and oxygen atoms in total. The van der Waals surface area contributed by atoms with Gasteiger partial charge in [0.25, 0.3) is 0 Å². The lowest BCUT2D eigenvalue weighted by atomic mass is 9.86. The van der Waals surface area contributed by atoms with Crippen LogP contribution in [0.25, 0.3) is 0 Å². The molecule has 2 atom stereocenters. The predicted octanol–water partition coefficient (Wildman–Crippen LogP) is 3.48. The molecule has 17 heavy (non-hydrogen) atoms. The van der Waals surface area contributed by atoms with Gasteiger partial charge in [0, 0.05) is 17.9 Å². The van der Waals surface area contributed by atoms with Crippen molar-refractivity contribution >= 4 is 5.78 Å². The van der Waals surface area contributed by atoms with E-state index in [2.05, 4.69) is 18.9 Å². The second-order valence-electron chi connectivity index (χ2n) is 4.91. The number of hydrogen-bond acceptors (Lipinski definition) is 1. The lowest BCUT2D eigenvalue weighted by Gasteiger charge is -2.16. The van der Waals surface area contributed by atoms with E-state index in [0.717, 1.165) is 31.2 Å². The highest BCUT2D eigenvalue weighted by molar-refractivity contribution is 6.02. The fourth-order valence-corrected chi connectivity index (χ4v) is 2.65. The maximum absolute atomic E-state index is 12.2.